The molecule has 1 aliphatic heterocycles. The number of ketones is 2. The van der Waals surface area contributed by atoms with E-state index in [1.807, 2.05) is 30.3 Å². The predicted molar refractivity (Wildman–Crippen MR) is 61.4 cm³/mol. The van der Waals surface area contributed by atoms with E-state index >= 15 is 0 Å². The fourth-order valence-corrected chi connectivity index (χ4v) is 1.92. The third-order valence-electron chi connectivity index (χ3n) is 2.68. The molecule has 1 heterocycles. The van der Waals surface area contributed by atoms with Crippen molar-refractivity contribution in [3.8, 4) is 0 Å². The molecule has 0 bridgehead atoms. The number of nitrogens with zero attached hydrogens (tertiary/aromatic N) is 1. The number of benzene rings is 2. The van der Waals surface area contributed by atoms with Gasteiger partial charge in [-0.25, -0.2) is 0 Å². The quantitative estimate of drug-likeness (QED) is 0.625. The van der Waals surface area contributed by atoms with E-state index in [1.54, 1.807) is 6.07 Å². The summed E-state index contributed by atoms with van der Waals surface area (Å²) in [4.78, 5) is 27.1. The SMILES string of the molecule is O=C1C=Nc2ccc3ccccc3c2C1=O. The van der Waals surface area contributed by atoms with Crippen molar-refractivity contribution < 1.29 is 9.59 Å². The van der Waals surface area contributed by atoms with E-state index in [4.69, 9.17) is 0 Å². The average Bonchev–Trinajstić information content (AvgIpc) is 2.33. The second kappa shape index (κ2) is 3.10. The van der Waals surface area contributed by atoms with Gasteiger partial charge in [0.2, 0.25) is 11.6 Å². The Morgan fingerprint density at radius 1 is 0.938 bits per heavy atom. The zero-order valence-electron chi connectivity index (χ0n) is 8.31. The van der Waals surface area contributed by atoms with Gasteiger partial charge in [0, 0.05) is 0 Å². The van der Waals surface area contributed by atoms with Gasteiger partial charge in [0.05, 0.1) is 17.5 Å². The van der Waals surface area contributed by atoms with Gasteiger partial charge in [0.1, 0.15) is 0 Å². The van der Waals surface area contributed by atoms with E-state index in [0.717, 1.165) is 17.0 Å². The third kappa shape index (κ3) is 1.11. The second-order valence-electron chi connectivity index (χ2n) is 3.63. The molecular formula is C13H7NO2. The summed E-state index contributed by atoms with van der Waals surface area (Å²) in [6.07, 6.45) is 1.08. The number of rotatable bonds is 0. The molecule has 0 aromatic heterocycles. The van der Waals surface area contributed by atoms with Gasteiger partial charge in [0.15, 0.2) is 0 Å². The first-order chi connectivity index (χ1) is 7.77. The highest BCUT2D eigenvalue weighted by atomic mass is 16.2. The van der Waals surface area contributed by atoms with Gasteiger partial charge in [-0.1, -0.05) is 30.3 Å². The van der Waals surface area contributed by atoms with Crippen molar-refractivity contribution in [3.63, 3.8) is 0 Å². The first-order valence-corrected chi connectivity index (χ1v) is 4.92. The molecule has 0 N–H and O–H groups in total. The summed E-state index contributed by atoms with van der Waals surface area (Å²) in [5.41, 5.74) is 0.994. The minimum Gasteiger partial charge on any atom is -0.285 e. The molecule has 3 rings (SSSR count). The monoisotopic (exact) mass is 209 g/mol. The molecule has 0 atom stereocenters. The fourth-order valence-electron chi connectivity index (χ4n) is 1.92. The molecule has 0 amide bonds. The van der Waals surface area contributed by atoms with E-state index in [1.165, 1.54) is 0 Å². The smallest absolute Gasteiger partial charge is 0.244 e. The largest absolute Gasteiger partial charge is 0.285 e. The van der Waals surface area contributed by atoms with E-state index < -0.39 is 11.6 Å². The standard InChI is InChI=1S/C13H7NO2/c15-11-7-14-10-6-5-8-3-1-2-4-9(8)12(10)13(11)16/h1-7H. The molecule has 0 unspecified atom stereocenters. The van der Waals surface area contributed by atoms with Crippen molar-refractivity contribution in [3.05, 3.63) is 42.0 Å². The van der Waals surface area contributed by atoms with Crippen molar-refractivity contribution in [2.24, 2.45) is 4.99 Å². The molecule has 0 spiro atoms. The van der Waals surface area contributed by atoms with Crippen LogP contribution in [0.3, 0.4) is 0 Å². The van der Waals surface area contributed by atoms with Gasteiger partial charge in [-0.3, -0.25) is 14.6 Å². The lowest BCUT2D eigenvalue weighted by molar-refractivity contribution is -0.109. The van der Waals surface area contributed by atoms with Gasteiger partial charge >= 0.3 is 0 Å². The summed E-state index contributed by atoms with van der Waals surface area (Å²) in [5, 5.41) is 1.73. The molecule has 0 fully saturated rings. The van der Waals surface area contributed by atoms with Crippen LogP contribution in [0.25, 0.3) is 10.8 Å². The maximum absolute atomic E-state index is 11.8. The van der Waals surface area contributed by atoms with E-state index in [9.17, 15) is 9.59 Å². The lowest BCUT2D eigenvalue weighted by Crippen LogP contribution is -2.19. The number of Topliss-reactive ketones (excluding diaryl/α,β-unsaturated/α-hetero) is 2. The van der Waals surface area contributed by atoms with E-state index in [-0.39, 0.29) is 0 Å². The first-order valence-electron chi connectivity index (χ1n) is 4.92. The van der Waals surface area contributed by atoms with Crippen molar-refractivity contribution >= 4 is 34.2 Å². The van der Waals surface area contributed by atoms with Gasteiger partial charge in [-0.2, -0.15) is 0 Å². The predicted octanol–water partition coefficient (Wildman–Crippen LogP) is 2.31. The lowest BCUT2D eigenvalue weighted by Gasteiger charge is -2.10. The highest BCUT2D eigenvalue weighted by Crippen LogP contribution is 2.30. The van der Waals surface area contributed by atoms with Gasteiger partial charge < -0.3 is 0 Å². The Labute approximate surface area is 91.4 Å². The summed E-state index contributed by atoms with van der Waals surface area (Å²) in [5.74, 6) is -1.02. The molecule has 2 aromatic carbocycles. The van der Waals surface area contributed by atoms with Crippen molar-refractivity contribution in [2.45, 2.75) is 0 Å². The summed E-state index contributed by atoms with van der Waals surface area (Å²) < 4.78 is 0. The fraction of sp³-hybridized carbons (Fsp3) is 0. The molecule has 1 aliphatic rings. The van der Waals surface area contributed by atoms with Gasteiger partial charge in [0.25, 0.3) is 0 Å². The van der Waals surface area contributed by atoms with Crippen LogP contribution in [0, 0.1) is 0 Å². The minimum absolute atomic E-state index is 0.422. The van der Waals surface area contributed by atoms with Crippen LogP contribution < -0.4 is 0 Å². The second-order valence-corrected chi connectivity index (χ2v) is 3.63. The average molecular weight is 209 g/mol. The highest BCUT2D eigenvalue weighted by molar-refractivity contribution is 6.65. The van der Waals surface area contributed by atoms with Crippen LogP contribution in [-0.2, 0) is 4.79 Å². The van der Waals surface area contributed by atoms with Crippen molar-refractivity contribution in [1.82, 2.24) is 0 Å². The van der Waals surface area contributed by atoms with Crippen LogP contribution in [0.2, 0.25) is 0 Å². The molecule has 0 saturated heterocycles. The van der Waals surface area contributed by atoms with Crippen molar-refractivity contribution in [1.29, 1.82) is 0 Å². The Morgan fingerprint density at radius 3 is 2.62 bits per heavy atom. The van der Waals surface area contributed by atoms with Crippen LogP contribution in [0.5, 0.6) is 0 Å². The minimum atomic E-state index is -0.552. The Bertz CT molecular complexity index is 656. The normalized spacial score (nSPS) is 14.2. The molecule has 3 heteroatoms. The topological polar surface area (TPSA) is 46.5 Å². The van der Waals surface area contributed by atoms with Crippen molar-refractivity contribution in [2.75, 3.05) is 0 Å². The molecule has 16 heavy (non-hydrogen) atoms. The van der Waals surface area contributed by atoms with Crippen LogP contribution in [0.15, 0.2) is 41.4 Å². The van der Waals surface area contributed by atoms with Crippen LogP contribution >= 0.6 is 0 Å². The number of fused-ring (bicyclic) bond motifs is 3. The number of carbonyl (C=O) groups is 2. The Morgan fingerprint density at radius 2 is 1.75 bits per heavy atom. The molecule has 3 nitrogen and oxygen atoms in total. The van der Waals surface area contributed by atoms with Crippen LogP contribution in [0.1, 0.15) is 10.4 Å². The number of aliphatic imine (C=N–C) groups is 1. The van der Waals surface area contributed by atoms with Gasteiger partial charge in [-0.15, -0.1) is 0 Å². The summed E-state index contributed by atoms with van der Waals surface area (Å²) in [6, 6.07) is 11.1. The van der Waals surface area contributed by atoms with E-state index in [2.05, 4.69) is 4.99 Å². The zero-order chi connectivity index (χ0) is 11.1. The zero-order valence-corrected chi connectivity index (χ0v) is 8.31. The van der Waals surface area contributed by atoms with E-state index in [0.29, 0.717) is 11.3 Å². The number of hydrogen-bond acceptors (Lipinski definition) is 3. The Balaban J connectivity index is 2.46. The molecular weight excluding hydrogens is 202 g/mol. The van der Waals surface area contributed by atoms with Gasteiger partial charge in [-0.05, 0) is 16.8 Å². The molecule has 2 aromatic rings. The van der Waals surface area contributed by atoms with Crippen LogP contribution in [-0.4, -0.2) is 17.8 Å². The lowest BCUT2D eigenvalue weighted by atomic mass is 9.96. The third-order valence-corrected chi connectivity index (χ3v) is 2.68. The van der Waals surface area contributed by atoms with Crippen LogP contribution in [0.4, 0.5) is 5.69 Å². The molecule has 0 aliphatic carbocycles. The number of carbonyl (C=O) groups excluding carboxylic acids is 2. The summed E-state index contributed by atoms with van der Waals surface area (Å²) in [6.45, 7) is 0. The Hall–Kier alpha value is -2.29. The Kier molecular flexibility index (Phi) is 1.74. The number of hydrogen-bond donors (Lipinski definition) is 0. The molecule has 0 radical (unpaired) electrons. The molecule has 0 saturated carbocycles. The molecule has 76 valence electrons. The first kappa shape index (κ1) is 8.97. The summed E-state index contributed by atoms with van der Waals surface area (Å²) >= 11 is 0. The highest BCUT2D eigenvalue weighted by Gasteiger charge is 2.23. The maximum atomic E-state index is 11.8. The summed E-state index contributed by atoms with van der Waals surface area (Å²) in [7, 11) is 0. The maximum Gasteiger partial charge on any atom is 0.244 e.